The van der Waals surface area contributed by atoms with Gasteiger partial charge >= 0.3 is 0 Å². The molecule has 0 saturated heterocycles. The molecular weight excluding hydrogens is 202 g/mol. The molecule has 0 aliphatic rings. The van der Waals surface area contributed by atoms with Crippen LogP contribution in [0.2, 0.25) is 0 Å². The molecule has 0 saturated carbocycles. The van der Waals surface area contributed by atoms with Gasteiger partial charge in [-0.25, -0.2) is 4.21 Å². The van der Waals surface area contributed by atoms with Crippen molar-refractivity contribution in [2.75, 3.05) is 5.75 Å². The second kappa shape index (κ2) is 4.69. The van der Waals surface area contributed by atoms with Crippen LogP contribution in [0.5, 0.6) is 0 Å². The number of rotatable bonds is 4. The Balaban J connectivity index is 2.37. The van der Waals surface area contributed by atoms with Gasteiger partial charge < -0.3 is 0 Å². The van der Waals surface area contributed by atoms with Crippen LogP contribution in [0, 0.1) is 0 Å². The summed E-state index contributed by atoms with van der Waals surface area (Å²) in [7, 11) is -2.46. The molecule has 0 spiro atoms. The minimum Gasteiger partial charge on any atom is -0.251 e. The minimum absolute atomic E-state index is 0.428. The van der Waals surface area contributed by atoms with Gasteiger partial charge in [-0.1, -0.05) is 30.3 Å². The quantitative estimate of drug-likeness (QED) is 0.821. The normalized spacial score (nSPS) is 15.2. The molecule has 0 aromatic heterocycles. The van der Waals surface area contributed by atoms with Crippen molar-refractivity contribution >= 4 is 19.9 Å². The van der Waals surface area contributed by atoms with E-state index in [0.29, 0.717) is 5.75 Å². The van der Waals surface area contributed by atoms with Gasteiger partial charge in [-0.15, -0.1) is 0 Å². The Kier molecular flexibility index (Phi) is 3.84. The van der Waals surface area contributed by atoms with Crippen molar-refractivity contribution in [2.24, 2.45) is 5.14 Å². The highest BCUT2D eigenvalue weighted by atomic mass is 32.8. The fourth-order valence-corrected chi connectivity index (χ4v) is 2.02. The van der Waals surface area contributed by atoms with Crippen molar-refractivity contribution in [3.05, 3.63) is 35.9 Å². The van der Waals surface area contributed by atoms with E-state index in [0.717, 1.165) is 12.8 Å². The number of hydrogen-bond donors (Lipinski definition) is 1. The fraction of sp³-hybridized carbons (Fsp3) is 0.333. The molecule has 4 heteroatoms. The van der Waals surface area contributed by atoms with Crippen molar-refractivity contribution in [3.63, 3.8) is 0 Å². The molecule has 0 fully saturated rings. The first-order valence-corrected chi connectivity index (χ1v) is 6.84. The van der Waals surface area contributed by atoms with Gasteiger partial charge in [0, 0.05) is 5.75 Å². The molecule has 0 bridgehead atoms. The van der Waals surface area contributed by atoms with Crippen molar-refractivity contribution in [2.45, 2.75) is 12.8 Å². The zero-order valence-electron chi connectivity index (χ0n) is 7.31. The van der Waals surface area contributed by atoms with Gasteiger partial charge in [-0.3, -0.25) is 5.14 Å². The predicted octanol–water partition coefficient (Wildman–Crippen LogP) is 1.24. The molecule has 2 nitrogen and oxygen atoms in total. The first-order valence-electron chi connectivity index (χ1n) is 4.12. The Labute approximate surface area is 84.0 Å². The second-order valence-electron chi connectivity index (χ2n) is 2.96. The zero-order valence-corrected chi connectivity index (χ0v) is 8.94. The van der Waals surface area contributed by atoms with E-state index in [1.54, 1.807) is 0 Å². The predicted molar refractivity (Wildman–Crippen MR) is 59.3 cm³/mol. The maximum absolute atomic E-state index is 11.0. The van der Waals surface area contributed by atoms with E-state index in [9.17, 15) is 4.21 Å². The summed E-state index contributed by atoms with van der Waals surface area (Å²) in [6, 6.07) is 10.0. The molecule has 1 atom stereocenters. The molecular formula is C9H13NOS2. The molecule has 0 amide bonds. The summed E-state index contributed by atoms with van der Waals surface area (Å²) < 4.78 is 11.0. The van der Waals surface area contributed by atoms with E-state index in [-0.39, 0.29) is 0 Å². The van der Waals surface area contributed by atoms with Gasteiger partial charge in [0.2, 0.25) is 0 Å². The van der Waals surface area contributed by atoms with E-state index >= 15 is 0 Å². The number of hydrogen-bond acceptors (Lipinski definition) is 2. The lowest BCUT2D eigenvalue weighted by Gasteiger charge is -2.00. The summed E-state index contributed by atoms with van der Waals surface area (Å²) >= 11 is 4.61. The van der Waals surface area contributed by atoms with E-state index < -0.39 is 8.68 Å². The molecule has 13 heavy (non-hydrogen) atoms. The Morgan fingerprint density at radius 1 is 1.31 bits per heavy atom. The molecule has 1 aromatic carbocycles. The molecule has 1 unspecified atom stereocenters. The third-order valence-electron chi connectivity index (χ3n) is 1.74. The summed E-state index contributed by atoms with van der Waals surface area (Å²) in [4.78, 5) is 0. The fourth-order valence-electron chi connectivity index (χ4n) is 1.12. The maximum Gasteiger partial charge on any atom is 0.0871 e. The van der Waals surface area contributed by atoms with Gasteiger partial charge in [0.25, 0.3) is 0 Å². The third kappa shape index (κ3) is 4.98. The lowest BCUT2D eigenvalue weighted by Crippen LogP contribution is -2.15. The largest absolute Gasteiger partial charge is 0.251 e. The van der Waals surface area contributed by atoms with Crippen LogP contribution in [0.25, 0.3) is 0 Å². The molecule has 0 aliphatic heterocycles. The van der Waals surface area contributed by atoms with E-state index in [1.807, 2.05) is 30.3 Å². The van der Waals surface area contributed by atoms with Gasteiger partial charge in [-0.05, 0) is 29.6 Å². The first kappa shape index (κ1) is 10.6. The van der Waals surface area contributed by atoms with Crippen molar-refractivity contribution < 1.29 is 4.21 Å². The summed E-state index contributed by atoms with van der Waals surface area (Å²) in [5.41, 5.74) is 1.24. The number of aryl methyl sites for hydroxylation is 1. The summed E-state index contributed by atoms with van der Waals surface area (Å²) in [5, 5.41) is 5.24. The van der Waals surface area contributed by atoms with Crippen molar-refractivity contribution in [1.29, 1.82) is 0 Å². The maximum atomic E-state index is 11.0. The highest BCUT2D eigenvalue weighted by Crippen LogP contribution is 2.02. The van der Waals surface area contributed by atoms with E-state index in [2.05, 4.69) is 11.2 Å². The average Bonchev–Trinajstić information content (AvgIpc) is 2.04. The zero-order chi connectivity index (χ0) is 9.73. The molecule has 0 heterocycles. The van der Waals surface area contributed by atoms with Gasteiger partial charge in [-0.2, -0.15) is 0 Å². The second-order valence-corrected chi connectivity index (χ2v) is 6.38. The topological polar surface area (TPSA) is 43.1 Å². The molecule has 72 valence electrons. The van der Waals surface area contributed by atoms with E-state index in [4.69, 9.17) is 5.14 Å². The van der Waals surface area contributed by atoms with E-state index in [1.165, 1.54) is 5.56 Å². The molecule has 0 radical (unpaired) electrons. The Hall–Kier alpha value is -0.450. The van der Waals surface area contributed by atoms with Crippen LogP contribution in [-0.2, 0) is 26.3 Å². The first-order chi connectivity index (χ1) is 6.08. The molecule has 0 aliphatic carbocycles. The van der Waals surface area contributed by atoms with Crippen LogP contribution in [0.15, 0.2) is 30.3 Å². The molecule has 1 rings (SSSR count). The minimum atomic E-state index is -2.46. The van der Waals surface area contributed by atoms with Crippen molar-refractivity contribution in [3.8, 4) is 0 Å². The monoisotopic (exact) mass is 215 g/mol. The Morgan fingerprint density at radius 3 is 2.46 bits per heavy atom. The molecule has 2 N–H and O–H groups in total. The number of nitrogens with two attached hydrogens (primary N) is 1. The summed E-state index contributed by atoms with van der Waals surface area (Å²) in [5.74, 6) is 0.428. The SMILES string of the molecule is NS(=O)(=S)CCCc1ccccc1. The summed E-state index contributed by atoms with van der Waals surface area (Å²) in [6.07, 6.45) is 1.69. The highest BCUT2D eigenvalue weighted by molar-refractivity contribution is 8.31. The lowest BCUT2D eigenvalue weighted by molar-refractivity contribution is 0.680. The number of benzene rings is 1. The van der Waals surface area contributed by atoms with Crippen LogP contribution in [0.3, 0.4) is 0 Å². The highest BCUT2D eigenvalue weighted by Gasteiger charge is 1.98. The standard InChI is InChI=1S/C9H13NOS2/c10-13(11,12)8-4-7-9-5-2-1-3-6-9/h1-3,5-6H,4,7-8H2,(H2,10,11,12). The third-order valence-corrected chi connectivity index (χ3v) is 3.09. The van der Waals surface area contributed by atoms with Crippen LogP contribution in [0.1, 0.15) is 12.0 Å². The van der Waals surface area contributed by atoms with Crippen LogP contribution < -0.4 is 5.14 Å². The molecule has 1 aromatic rings. The Bertz CT molecular complexity index is 345. The smallest absolute Gasteiger partial charge is 0.0871 e. The van der Waals surface area contributed by atoms with Gasteiger partial charge in [0.15, 0.2) is 0 Å². The van der Waals surface area contributed by atoms with Crippen LogP contribution in [0.4, 0.5) is 0 Å². The van der Waals surface area contributed by atoms with Crippen LogP contribution in [-0.4, -0.2) is 9.96 Å². The van der Waals surface area contributed by atoms with Gasteiger partial charge in [0.05, 0.1) is 8.68 Å². The average molecular weight is 215 g/mol. The van der Waals surface area contributed by atoms with Crippen molar-refractivity contribution in [1.82, 2.24) is 0 Å². The summed E-state index contributed by atoms with van der Waals surface area (Å²) in [6.45, 7) is 0. The van der Waals surface area contributed by atoms with Crippen LogP contribution >= 0.6 is 0 Å². The Morgan fingerprint density at radius 2 is 1.92 bits per heavy atom. The lowest BCUT2D eigenvalue weighted by atomic mass is 10.1. The van der Waals surface area contributed by atoms with Gasteiger partial charge in [0.1, 0.15) is 0 Å².